The van der Waals surface area contributed by atoms with E-state index in [0.717, 1.165) is 5.56 Å². The van der Waals surface area contributed by atoms with Crippen LogP contribution in [0.3, 0.4) is 0 Å². The van der Waals surface area contributed by atoms with Gasteiger partial charge in [0.25, 0.3) is 0 Å². The molecule has 0 aliphatic carbocycles. The molecule has 0 fully saturated rings. The number of hydrogen-bond donors (Lipinski definition) is 0. The van der Waals surface area contributed by atoms with E-state index in [9.17, 15) is 4.79 Å². The Balaban J connectivity index is 0.00000180. The maximum atomic E-state index is 11.7. The highest BCUT2D eigenvalue weighted by Crippen LogP contribution is 2.09. The number of halogens is 1. The molecule has 102 valence electrons. The fourth-order valence-electron chi connectivity index (χ4n) is 1.83. The summed E-state index contributed by atoms with van der Waals surface area (Å²) in [4.78, 5) is 15.7. The van der Waals surface area contributed by atoms with E-state index in [2.05, 4.69) is 11.1 Å². The van der Waals surface area contributed by atoms with Crippen LogP contribution in [-0.4, -0.2) is 22.1 Å². The minimum absolute atomic E-state index is 0. The molecule has 4 nitrogen and oxygen atoms in total. The van der Waals surface area contributed by atoms with Crippen molar-refractivity contribution in [1.29, 1.82) is 0 Å². The normalized spacial score (nSPS) is 9.79. The predicted molar refractivity (Wildman–Crippen MR) is 75.7 cm³/mol. The van der Waals surface area contributed by atoms with Crippen LogP contribution in [0.1, 0.15) is 28.7 Å². The molecule has 19 heavy (non-hydrogen) atoms. The fraction of sp³-hybridized carbons (Fsp3) is 0.286. The molecular formula is C14H17ClN2O2. The molecule has 0 unspecified atom stereocenters. The average Bonchev–Trinajstić information content (AvgIpc) is 2.77. The molecule has 0 radical (unpaired) electrons. The second kappa shape index (κ2) is 6.95. The zero-order chi connectivity index (χ0) is 13.0. The molecule has 0 spiro atoms. The Morgan fingerprint density at radius 2 is 2.21 bits per heavy atom. The van der Waals surface area contributed by atoms with E-state index < -0.39 is 0 Å². The molecule has 0 bridgehead atoms. The van der Waals surface area contributed by atoms with Crippen LogP contribution < -0.4 is 0 Å². The van der Waals surface area contributed by atoms with Gasteiger partial charge < -0.3 is 9.30 Å². The number of benzene rings is 1. The van der Waals surface area contributed by atoms with Crippen LogP contribution in [0.15, 0.2) is 36.7 Å². The fourth-order valence-corrected chi connectivity index (χ4v) is 1.83. The molecule has 1 aromatic carbocycles. The van der Waals surface area contributed by atoms with Crippen molar-refractivity contribution in [2.24, 2.45) is 0 Å². The molecular weight excluding hydrogens is 264 g/mol. The third kappa shape index (κ3) is 3.83. The Bertz CT molecular complexity index is 552. The van der Waals surface area contributed by atoms with Crippen molar-refractivity contribution < 1.29 is 9.53 Å². The standard InChI is InChI=1S/C14H16N2O2.ClH/c1-3-18-14(17)13-15-7-8-16(13)10-12-6-4-5-11(2)9-12;/h4-9H,3,10H2,1-2H3;1H. The van der Waals surface area contributed by atoms with Crippen LogP contribution in [0, 0.1) is 6.92 Å². The first-order valence-corrected chi connectivity index (χ1v) is 5.94. The first-order chi connectivity index (χ1) is 8.70. The Hall–Kier alpha value is -1.81. The van der Waals surface area contributed by atoms with Crippen molar-refractivity contribution in [3.05, 3.63) is 53.6 Å². The number of carbonyl (C=O) groups excluding carboxylic acids is 1. The number of ether oxygens (including phenoxy) is 1. The summed E-state index contributed by atoms with van der Waals surface area (Å²) in [6, 6.07) is 8.17. The Labute approximate surface area is 118 Å². The Morgan fingerprint density at radius 1 is 1.42 bits per heavy atom. The lowest BCUT2D eigenvalue weighted by Crippen LogP contribution is -2.13. The molecule has 2 rings (SSSR count). The van der Waals surface area contributed by atoms with Gasteiger partial charge in [0.15, 0.2) is 0 Å². The largest absolute Gasteiger partial charge is 0.460 e. The second-order valence-corrected chi connectivity index (χ2v) is 4.09. The molecule has 0 atom stereocenters. The van der Waals surface area contributed by atoms with Crippen molar-refractivity contribution >= 4 is 18.4 Å². The van der Waals surface area contributed by atoms with Gasteiger partial charge >= 0.3 is 5.97 Å². The molecule has 2 aromatic rings. The number of rotatable bonds is 4. The van der Waals surface area contributed by atoms with Crippen LogP contribution >= 0.6 is 12.4 Å². The number of hydrogen-bond acceptors (Lipinski definition) is 3. The zero-order valence-electron chi connectivity index (χ0n) is 11.0. The van der Waals surface area contributed by atoms with Gasteiger partial charge in [-0.1, -0.05) is 29.8 Å². The summed E-state index contributed by atoms with van der Waals surface area (Å²) in [7, 11) is 0. The van der Waals surface area contributed by atoms with Gasteiger partial charge in [-0.25, -0.2) is 9.78 Å². The van der Waals surface area contributed by atoms with Gasteiger partial charge in [0.1, 0.15) is 0 Å². The molecule has 1 aromatic heterocycles. The third-order valence-electron chi connectivity index (χ3n) is 2.61. The highest BCUT2D eigenvalue weighted by molar-refractivity contribution is 5.85. The van der Waals surface area contributed by atoms with Crippen molar-refractivity contribution in [1.82, 2.24) is 9.55 Å². The van der Waals surface area contributed by atoms with Crippen molar-refractivity contribution in [2.75, 3.05) is 6.61 Å². The van der Waals surface area contributed by atoms with Gasteiger partial charge in [-0.05, 0) is 19.4 Å². The van der Waals surface area contributed by atoms with Gasteiger partial charge in [0, 0.05) is 18.9 Å². The quantitative estimate of drug-likeness (QED) is 0.809. The third-order valence-corrected chi connectivity index (χ3v) is 2.61. The summed E-state index contributed by atoms with van der Waals surface area (Å²) >= 11 is 0. The Morgan fingerprint density at radius 3 is 2.89 bits per heavy atom. The summed E-state index contributed by atoms with van der Waals surface area (Å²) in [6.45, 7) is 4.81. The van der Waals surface area contributed by atoms with Crippen LogP contribution in [0.5, 0.6) is 0 Å². The molecule has 0 saturated heterocycles. The molecule has 1 heterocycles. The molecule has 0 aliphatic heterocycles. The smallest absolute Gasteiger partial charge is 0.374 e. The lowest BCUT2D eigenvalue weighted by molar-refractivity contribution is 0.0507. The summed E-state index contributed by atoms with van der Waals surface area (Å²) in [5, 5.41) is 0. The molecule has 5 heteroatoms. The minimum Gasteiger partial charge on any atom is -0.460 e. The lowest BCUT2D eigenvalue weighted by Gasteiger charge is -2.07. The van der Waals surface area contributed by atoms with Gasteiger partial charge in [0.05, 0.1) is 6.61 Å². The molecule has 0 saturated carbocycles. The number of aryl methyl sites for hydroxylation is 1. The second-order valence-electron chi connectivity index (χ2n) is 4.09. The van der Waals surface area contributed by atoms with Crippen LogP contribution in [0.4, 0.5) is 0 Å². The summed E-state index contributed by atoms with van der Waals surface area (Å²) in [6.07, 6.45) is 3.40. The number of aromatic nitrogens is 2. The highest BCUT2D eigenvalue weighted by atomic mass is 35.5. The van der Waals surface area contributed by atoms with E-state index in [4.69, 9.17) is 4.74 Å². The predicted octanol–water partition coefficient (Wildman–Crippen LogP) is 2.84. The van der Waals surface area contributed by atoms with E-state index in [0.29, 0.717) is 19.0 Å². The maximum absolute atomic E-state index is 11.7. The number of carbonyl (C=O) groups is 1. The first-order valence-electron chi connectivity index (χ1n) is 5.94. The van der Waals surface area contributed by atoms with E-state index in [1.54, 1.807) is 23.9 Å². The lowest BCUT2D eigenvalue weighted by atomic mass is 10.1. The molecule has 0 N–H and O–H groups in total. The van der Waals surface area contributed by atoms with Crippen LogP contribution in [0.25, 0.3) is 0 Å². The first kappa shape index (κ1) is 15.2. The van der Waals surface area contributed by atoms with Gasteiger partial charge in [-0.15, -0.1) is 12.4 Å². The van der Waals surface area contributed by atoms with Gasteiger partial charge in [-0.3, -0.25) is 0 Å². The Kier molecular flexibility index (Phi) is 5.57. The monoisotopic (exact) mass is 280 g/mol. The van der Waals surface area contributed by atoms with E-state index in [1.165, 1.54) is 5.56 Å². The van der Waals surface area contributed by atoms with Crippen LogP contribution in [0.2, 0.25) is 0 Å². The number of nitrogens with zero attached hydrogens (tertiary/aromatic N) is 2. The van der Waals surface area contributed by atoms with Crippen molar-refractivity contribution in [2.45, 2.75) is 20.4 Å². The number of esters is 1. The van der Waals surface area contributed by atoms with Crippen LogP contribution in [-0.2, 0) is 11.3 Å². The highest BCUT2D eigenvalue weighted by Gasteiger charge is 2.13. The average molecular weight is 281 g/mol. The maximum Gasteiger partial charge on any atom is 0.374 e. The van der Waals surface area contributed by atoms with Crippen molar-refractivity contribution in [3.63, 3.8) is 0 Å². The van der Waals surface area contributed by atoms with Crippen molar-refractivity contribution in [3.8, 4) is 0 Å². The number of imidazole rings is 1. The SMILES string of the molecule is CCOC(=O)c1nccn1Cc1cccc(C)c1.Cl. The molecule has 0 amide bonds. The topological polar surface area (TPSA) is 44.1 Å². The minimum atomic E-state index is -0.379. The van der Waals surface area contributed by atoms with Gasteiger partial charge in [-0.2, -0.15) is 0 Å². The van der Waals surface area contributed by atoms with E-state index >= 15 is 0 Å². The van der Waals surface area contributed by atoms with Gasteiger partial charge in [0.2, 0.25) is 5.82 Å². The summed E-state index contributed by atoms with van der Waals surface area (Å²) in [5.74, 6) is -0.0338. The zero-order valence-corrected chi connectivity index (χ0v) is 11.8. The molecule has 0 aliphatic rings. The van der Waals surface area contributed by atoms with E-state index in [1.807, 2.05) is 25.1 Å². The summed E-state index contributed by atoms with van der Waals surface area (Å²) < 4.78 is 6.76. The summed E-state index contributed by atoms with van der Waals surface area (Å²) in [5.41, 5.74) is 2.34. The van der Waals surface area contributed by atoms with E-state index in [-0.39, 0.29) is 18.4 Å².